The smallest absolute Gasteiger partial charge is 0.168 e. The highest BCUT2D eigenvalue weighted by Crippen LogP contribution is 2.34. The number of likely N-dealkylation sites (tertiary alicyclic amines) is 1. The van der Waals surface area contributed by atoms with E-state index in [0.717, 1.165) is 23.5 Å². The van der Waals surface area contributed by atoms with E-state index >= 15 is 0 Å². The zero-order valence-corrected chi connectivity index (χ0v) is 9.78. The van der Waals surface area contributed by atoms with Crippen LogP contribution in [0.4, 0.5) is 0 Å². The second kappa shape index (κ2) is 4.47. The van der Waals surface area contributed by atoms with Gasteiger partial charge in [-0.1, -0.05) is 6.42 Å². The largest absolute Gasteiger partial charge is 0.363 e. The number of rotatable bonds is 1. The molecule has 2 fully saturated rings. The number of nitrogens with zero attached hydrogens (tertiary/aromatic N) is 1. The van der Waals surface area contributed by atoms with Crippen molar-refractivity contribution in [3.63, 3.8) is 0 Å². The van der Waals surface area contributed by atoms with Crippen LogP contribution in [0.1, 0.15) is 32.6 Å². The summed E-state index contributed by atoms with van der Waals surface area (Å²) < 4.78 is 0. The molecule has 2 bridgehead atoms. The van der Waals surface area contributed by atoms with Crippen LogP contribution in [0.25, 0.3) is 0 Å². The Bertz CT molecular complexity index is 205. The summed E-state index contributed by atoms with van der Waals surface area (Å²) >= 11 is 5.37. The average Bonchev–Trinajstić information content (AvgIpc) is 2.17. The van der Waals surface area contributed by atoms with Gasteiger partial charge in [0.1, 0.15) is 0 Å². The lowest BCUT2D eigenvalue weighted by Gasteiger charge is -2.42. The predicted molar refractivity (Wildman–Crippen MR) is 63.3 cm³/mol. The maximum absolute atomic E-state index is 5.37. The monoisotopic (exact) mass is 212 g/mol. The molecule has 1 N–H and O–H groups in total. The van der Waals surface area contributed by atoms with Crippen molar-refractivity contribution in [3.05, 3.63) is 0 Å². The Morgan fingerprint density at radius 1 is 1.36 bits per heavy atom. The molecule has 1 aliphatic heterocycles. The van der Waals surface area contributed by atoms with Crippen molar-refractivity contribution in [1.82, 2.24) is 10.2 Å². The van der Waals surface area contributed by atoms with E-state index in [2.05, 4.69) is 17.1 Å². The Balaban J connectivity index is 1.91. The van der Waals surface area contributed by atoms with Crippen molar-refractivity contribution < 1.29 is 0 Å². The molecule has 0 aromatic carbocycles. The molecule has 0 aromatic rings. The van der Waals surface area contributed by atoms with Crippen molar-refractivity contribution >= 4 is 17.3 Å². The van der Waals surface area contributed by atoms with Crippen LogP contribution in [0.5, 0.6) is 0 Å². The van der Waals surface area contributed by atoms with Crippen LogP contribution in [0, 0.1) is 11.8 Å². The summed E-state index contributed by atoms with van der Waals surface area (Å²) in [6.07, 6.45) is 5.73. The Labute approximate surface area is 92.0 Å². The zero-order chi connectivity index (χ0) is 9.97. The summed E-state index contributed by atoms with van der Waals surface area (Å²) in [5, 5.41) is 4.24. The Hall–Kier alpha value is -0.310. The van der Waals surface area contributed by atoms with E-state index < -0.39 is 0 Å². The van der Waals surface area contributed by atoms with Crippen LogP contribution in [-0.2, 0) is 0 Å². The number of nitrogens with one attached hydrogen (secondary N) is 1. The van der Waals surface area contributed by atoms with Gasteiger partial charge >= 0.3 is 0 Å². The molecule has 0 spiro atoms. The fourth-order valence-electron chi connectivity index (χ4n) is 2.86. The molecule has 1 heterocycles. The lowest BCUT2D eigenvalue weighted by Crippen LogP contribution is -2.49. The summed E-state index contributed by atoms with van der Waals surface area (Å²) in [5.41, 5.74) is 0. The number of hydrogen-bond donors (Lipinski definition) is 1. The van der Waals surface area contributed by atoms with Crippen molar-refractivity contribution in [2.45, 2.75) is 32.6 Å². The Morgan fingerprint density at radius 3 is 2.57 bits per heavy atom. The van der Waals surface area contributed by atoms with E-state index in [9.17, 15) is 0 Å². The quantitative estimate of drug-likeness (QED) is 0.669. The van der Waals surface area contributed by atoms with Crippen LogP contribution in [0.3, 0.4) is 0 Å². The minimum absolute atomic E-state index is 0.916. The average molecular weight is 212 g/mol. The van der Waals surface area contributed by atoms with E-state index in [4.69, 9.17) is 12.2 Å². The number of piperidine rings is 1. The lowest BCUT2D eigenvalue weighted by molar-refractivity contribution is 0.136. The van der Waals surface area contributed by atoms with Gasteiger partial charge in [0, 0.05) is 19.6 Å². The molecule has 2 nitrogen and oxygen atoms in total. The first-order valence-corrected chi connectivity index (χ1v) is 6.23. The summed E-state index contributed by atoms with van der Waals surface area (Å²) in [6.45, 7) is 5.45. The first kappa shape index (κ1) is 10.2. The summed E-state index contributed by atoms with van der Waals surface area (Å²) in [6, 6.07) is 0. The number of fused-ring (bicyclic) bond motifs is 2. The van der Waals surface area contributed by atoms with Gasteiger partial charge in [0.05, 0.1) is 0 Å². The minimum Gasteiger partial charge on any atom is -0.363 e. The lowest BCUT2D eigenvalue weighted by atomic mass is 9.78. The molecule has 0 radical (unpaired) electrons. The van der Waals surface area contributed by atoms with Crippen molar-refractivity contribution in [2.75, 3.05) is 19.6 Å². The molecule has 1 aliphatic carbocycles. The second-order valence-electron chi connectivity index (χ2n) is 4.64. The van der Waals surface area contributed by atoms with E-state index in [0.29, 0.717) is 0 Å². The van der Waals surface area contributed by atoms with Gasteiger partial charge in [-0.3, -0.25) is 0 Å². The summed E-state index contributed by atoms with van der Waals surface area (Å²) in [4.78, 5) is 2.39. The molecule has 14 heavy (non-hydrogen) atoms. The third-order valence-corrected chi connectivity index (χ3v) is 3.87. The highest BCUT2D eigenvalue weighted by atomic mass is 32.1. The van der Waals surface area contributed by atoms with Gasteiger partial charge in [0.15, 0.2) is 5.11 Å². The van der Waals surface area contributed by atoms with E-state index in [-0.39, 0.29) is 0 Å². The van der Waals surface area contributed by atoms with Gasteiger partial charge in [-0.05, 0) is 50.2 Å². The number of hydrogen-bond acceptors (Lipinski definition) is 1. The number of thiocarbonyl (C=S) groups is 1. The Kier molecular flexibility index (Phi) is 3.26. The molecule has 0 aromatic heterocycles. The summed E-state index contributed by atoms with van der Waals surface area (Å²) in [5.74, 6) is 1.83. The van der Waals surface area contributed by atoms with Gasteiger partial charge in [0.2, 0.25) is 0 Å². The molecule has 3 heteroatoms. The van der Waals surface area contributed by atoms with Gasteiger partial charge in [0.25, 0.3) is 0 Å². The van der Waals surface area contributed by atoms with E-state index in [1.54, 1.807) is 0 Å². The van der Waals surface area contributed by atoms with Crippen molar-refractivity contribution in [3.8, 4) is 0 Å². The second-order valence-corrected chi connectivity index (χ2v) is 5.03. The standard InChI is InChI=1S/C11H20N2S/c1-2-12-11(14)13-7-9-4-3-5-10(6-9)8-13/h9-10H,2-8H2,1H3,(H,12,14). The van der Waals surface area contributed by atoms with Crippen LogP contribution in [0.15, 0.2) is 0 Å². The van der Waals surface area contributed by atoms with Gasteiger partial charge < -0.3 is 10.2 Å². The first-order chi connectivity index (χ1) is 6.79. The van der Waals surface area contributed by atoms with Gasteiger partial charge in [-0.25, -0.2) is 0 Å². The van der Waals surface area contributed by atoms with Gasteiger partial charge in [-0.15, -0.1) is 0 Å². The molecule has 2 atom stereocenters. The Morgan fingerprint density at radius 2 is 2.00 bits per heavy atom. The predicted octanol–water partition coefficient (Wildman–Crippen LogP) is 2.00. The fraction of sp³-hybridized carbons (Fsp3) is 0.909. The maximum atomic E-state index is 5.37. The van der Waals surface area contributed by atoms with Crippen LogP contribution < -0.4 is 5.32 Å². The highest BCUT2D eigenvalue weighted by molar-refractivity contribution is 7.80. The topological polar surface area (TPSA) is 15.3 Å². The van der Waals surface area contributed by atoms with E-state index in [1.807, 2.05) is 0 Å². The van der Waals surface area contributed by atoms with Crippen molar-refractivity contribution in [1.29, 1.82) is 0 Å². The molecule has 1 saturated carbocycles. The first-order valence-electron chi connectivity index (χ1n) is 5.82. The molecular formula is C11H20N2S. The van der Waals surface area contributed by atoms with Crippen LogP contribution in [-0.4, -0.2) is 29.6 Å². The minimum atomic E-state index is 0.916. The van der Waals surface area contributed by atoms with E-state index in [1.165, 1.54) is 38.8 Å². The maximum Gasteiger partial charge on any atom is 0.168 e. The molecule has 1 saturated heterocycles. The van der Waals surface area contributed by atoms with Gasteiger partial charge in [-0.2, -0.15) is 0 Å². The summed E-state index contributed by atoms with van der Waals surface area (Å²) in [7, 11) is 0. The molecule has 2 rings (SSSR count). The van der Waals surface area contributed by atoms with Crippen LogP contribution >= 0.6 is 12.2 Å². The fourth-order valence-corrected chi connectivity index (χ4v) is 3.15. The molecule has 80 valence electrons. The molecule has 2 aliphatic rings. The zero-order valence-electron chi connectivity index (χ0n) is 8.96. The molecule has 0 amide bonds. The van der Waals surface area contributed by atoms with Crippen molar-refractivity contribution in [2.24, 2.45) is 11.8 Å². The molecule has 2 unspecified atom stereocenters. The highest BCUT2D eigenvalue weighted by Gasteiger charge is 2.31. The third kappa shape index (κ3) is 2.19. The third-order valence-electron chi connectivity index (χ3n) is 3.46. The SMILES string of the molecule is CCNC(=S)N1CC2CCCC(C2)C1. The normalized spacial score (nSPS) is 31.4. The molecular weight excluding hydrogens is 192 g/mol. The van der Waals surface area contributed by atoms with Crippen LogP contribution in [0.2, 0.25) is 0 Å².